The Morgan fingerprint density at radius 3 is 2.75 bits per heavy atom. The fraction of sp³-hybridized carbons (Fsp3) is 0.348. The molecule has 2 aliphatic rings. The van der Waals surface area contributed by atoms with Crippen LogP contribution in [0.3, 0.4) is 0 Å². The molecule has 28 heavy (non-hydrogen) atoms. The number of carbonyl (C=O) groups is 1. The summed E-state index contributed by atoms with van der Waals surface area (Å²) in [5.41, 5.74) is 3.85. The molecule has 3 atom stereocenters. The largest absolute Gasteiger partial charge is 0.497 e. The molecule has 0 unspecified atom stereocenters. The molecule has 5 heteroatoms. The molecule has 1 saturated heterocycles. The van der Waals surface area contributed by atoms with Crippen LogP contribution in [0.1, 0.15) is 36.1 Å². The van der Waals surface area contributed by atoms with Crippen LogP contribution >= 0.6 is 0 Å². The lowest BCUT2D eigenvalue weighted by molar-refractivity contribution is -0.130. The zero-order valence-corrected chi connectivity index (χ0v) is 16.1. The van der Waals surface area contributed by atoms with Crippen molar-refractivity contribution in [3.63, 3.8) is 0 Å². The summed E-state index contributed by atoms with van der Waals surface area (Å²) in [4.78, 5) is 14.1. The Labute approximate surface area is 165 Å². The van der Waals surface area contributed by atoms with E-state index in [9.17, 15) is 9.90 Å². The van der Waals surface area contributed by atoms with E-state index >= 15 is 0 Å². The molecule has 2 aromatic carbocycles. The minimum Gasteiger partial charge on any atom is -0.497 e. The van der Waals surface area contributed by atoms with Crippen LogP contribution in [0.5, 0.6) is 5.75 Å². The Morgan fingerprint density at radius 1 is 1.25 bits per heavy atom. The number of hydrogen-bond acceptors (Lipinski definition) is 4. The highest BCUT2D eigenvalue weighted by Crippen LogP contribution is 2.46. The third-order valence-electron chi connectivity index (χ3n) is 5.69. The van der Waals surface area contributed by atoms with E-state index in [0.29, 0.717) is 0 Å². The third kappa shape index (κ3) is 3.32. The van der Waals surface area contributed by atoms with Gasteiger partial charge in [0.15, 0.2) is 0 Å². The smallest absolute Gasteiger partial charge is 0.219 e. The molecule has 2 aromatic rings. The van der Waals surface area contributed by atoms with Crippen molar-refractivity contribution in [2.45, 2.75) is 25.4 Å². The van der Waals surface area contributed by atoms with Crippen molar-refractivity contribution in [2.24, 2.45) is 5.92 Å². The molecule has 0 aliphatic carbocycles. The van der Waals surface area contributed by atoms with E-state index in [0.717, 1.165) is 41.1 Å². The summed E-state index contributed by atoms with van der Waals surface area (Å²) >= 11 is 0. The number of ether oxygens (including phenoxy) is 1. The van der Waals surface area contributed by atoms with Crippen molar-refractivity contribution < 1.29 is 14.6 Å². The molecule has 2 heterocycles. The zero-order valence-electron chi connectivity index (χ0n) is 16.1. The van der Waals surface area contributed by atoms with Gasteiger partial charge in [-0.1, -0.05) is 17.9 Å². The van der Waals surface area contributed by atoms with Gasteiger partial charge in [-0.05, 0) is 48.4 Å². The van der Waals surface area contributed by atoms with Gasteiger partial charge in [-0.2, -0.15) is 0 Å². The summed E-state index contributed by atoms with van der Waals surface area (Å²) in [5.74, 6) is 7.48. The fourth-order valence-electron chi connectivity index (χ4n) is 4.34. The van der Waals surface area contributed by atoms with Crippen LogP contribution in [-0.4, -0.2) is 42.2 Å². The summed E-state index contributed by atoms with van der Waals surface area (Å²) in [5, 5.41) is 13.2. The van der Waals surface area contributed by atoms with Crippen LogP contribution in [0.15, 0.2) is 42.5 Å². The van der Waals surface area contributed by atoms with Crippen molar-refractivity contribution in [3.05, 3.63) is 59.2 Å². The Balaban J connectivity index is 1.70. The first kappa shape index (κ1) is 18.4. The number of anilines is 1. The number of benzene rings is 2. The van der Waals surface area contributed by atoms with Crippen LogP contribution in [0.4, 0.5) is 5.69 Å². The van der Waals surface area contributed by atoms with Gasteiger partial charge >= 0.3 is 0 Å². The molecule has 2 aliphatic heterocycles. The molecule has 144 valence electrons. The van der Waals surface area contributed by atoms with Crippen LogP contribution in [0.25, 0.3) is 0 Å². The summed E-state index contributed by atoms with van der Waals surface area (Å²) in [6.07, 6.45) is 0.891. The number of fused-ring (bicyclic) bond motifs is 3. The molecule has 1 fully saturated rings. The minimum absolute atomic E-state index is 0.00975. The fourth-order valence-corrected chi connectivity index (χ4v) is 4.34. The highest BCUT2D eigenvalue weighted by atomic mass is 16.5. The number of aliphatic hydroxyl groups is 1. The molecule has 0 aromatic heterocycles. The van der Waals surface area contributed by atoms with E-state index in [1.807, 2.05) is 41.3 Å². The van der Waals surface area contributed by atoms with E-state index in [4.69, 9.17) is 4.74 Å². The number of methoxy groups -OCH3 is 1. The zero-order chi connectivity index (χ0) is 19.7. The lowest BCUT2D eigenvalue weighted by Gasteiger charge is -2.39. The van der Waals surface area contributed by atoms with Gasteiger partial charge in [0.25, 0.3) is 0 Å². The number of nitrogens with zero attached hydrogens (tertiary/aromatic N) is 1. The summed E-state index contributed by atoms with van der Waals surface area (Å²) in [6, 6.07) is 13.7. The summed E-state index contributed by atoms with van der Waals surface area (Å²) in [7, 11) is 1.64. The number of aliphatic hydroxyl groups excluding tert-OH is 1. The number of hydrogen-bond donors (Lipinski definition) is 2. The molecule has 0 spiro atoms. The van der Waals surface area contributed by atoms with Gasteiger partial charge in [0.2, 0.25) is 5.91 Å². The van der Waals surface area contributed by atoms with E-state index in [1.54, 1.807) is 14.0 Å². The Hall–Kier alpha value is -2.97. The van der Waals surface area contributed by atoms with Crippen molar-refractivity contribution in [3.8, 4) is 17.6 Å². The molecule has 0 radical (unpaired) electrons. The Morgan fingerprint density at radius 2 is 2.04 bits per heavy atom. The average molecular weight is 376 g/mol. The number of nitrogens with one attached hydrogen (secondary N) is 1. The molecule has 5 nitrogen and oxygen atoms in total. The molecule has 4 rings (SSSR count). The predicted molar refractivity (Wildman–Crippen MR) is 108 cm³/mol. The quantitative estimate of drug-likeness (QED) is 0.792. The number of likely N-dealkylation sites (tertiary alicyclic amines) is 1. The van der Waals surface area contributed by atoms with Crippen LogP contribution in [0.2, 0.25) is 0 Å². The van der Waals surface area contributed by atoms with Crippen LogP contribution in [-0.2, 0) is 4.79 Å². The maximum Gasteiger partial charge on any atom is 0.219 e. The minimum atomic E-state index is -0.0319. The van der Waals surface area contributed by atoms with Gasteiger partial charge in [0.05, 0.1) is 25.8 Å². The first-order chi connectivity index (χ1) is 13.6. The van der Waals surface area contributed by atoms with Gasteiger partial charge in [-0.25, -0.2) is 0 Å². The van der Waals surface area contributed by atoms with Gasteiger partial charge in [-0.3, -0.25) is 4.79 Å². The number of rotatable bonds is 2. The second kappa shape index (κ2) is 7.57. The van der Waals surface area contributed by atoms with Crippen molar-refractivity contribution in [2.75, 3.05) is 25.6 Å². The van der Waals surface area contributed by atoms with Gasteiger partial charge < -0.3 is 20.1 Å². The second-order valence-corrected chi connectivity index (χ2v) is 7.33. The Bertz CT molecular complexity index is 960. The lowest BCUT2D eigenvalue weighted by Crippen LogP contribution is -2.42. The second-order valence-electron chi connectivity index (χ2n) is 7.33. The number of amides is 1. The van der Waals surface area contributed by atoms with E-state index in [1.165, 1.54) is 0 Å². The number of carbonyl (C=O) groups excluding carboxylic acids is 1. The summed E-state index contributed by atoms with van der Waals surface area (Å²) in [6.45, 7) is 2.40. The Kier molecular flexibility index (Phi) is 4.97. The topological polar surface area (TPSA) is 61.8 Å². The lowest BCUT2D eigenvalue weighted by atomic mass is 9.82. The highest BCUT2D eigenvalue weighted by molar-refractivity contribution is 5.75. The van der Waals surface area contributed by atoms with Gasteiger partial charge in [-0.15, -0.1) is 0 Å². The molecular weight excluding hydrogens is 352 g/mol. The highest BCUT2D eigenvalue weighted by Gasteiger charge is 2.44. The van der Waals surface area contributed by atoms with Crippen molar-refractivity contribution >= 4 is 11.6 Å². The molecule has 0 bridgehead atoms. The van der Waals surface area contributed by atoms with E-state index < -0.39 is 0 Å². The van der Waals surface area contributed by atoms with Crippen LogP contribution in [0, 0.1) is 17.8 Å². The normalized spacial score (nSPS) is 22.4. The van der Waals surface area contributed by atoms with Crippen LogP contribution < -0.4 is 10.1 Å². The molecule has 0 saturated carbocycles. The SMILES string of the molecule is COc1cccc(C#Cc2ccc3c(c2)[C@H]2[C@H](CCN2C(C)=O)[C@H](CO)N3)c1. The molecule has 2 N–H and O–H groups in total. The monoisotopic (exact) mass is 376 g/mol. The van der Waals surface area contributed by atoms with Gasteiger partial charge in [0.1, 0.15) is 5.75 Å². The summed E-state index contributed by atoms with van der Waals surface area (Å²) < 4.78 is 5.25. The van der Waals surface area contributed by atoms with Crippen molar-refractivity contribution in [1.82, 2.24) is 4.90 Å². The third-order valence-corrected chi connectivity index (χ3v) is 5.69. The van der Waals surface area contributed by atoms with E-state index in [-0.39, 0.29) is 30.5 Å². The predicted octanol–water partition coefficient (Wildman–Crippen LogP) is 2.79. The van der Waals surface area contributed by atoms with Gasteiger partial charge in [0, 0.05) is 36.2 Å². The van der Waals surface area contributed by atoms with E-state index in [2.05, 4.69) is 23.2 Å². The first-order valence-corrected chi connectivity index (χ1v) is 9.55. The maximum atomic E-state index is 12.2. The molecular formula is C23H24N2O3. The molecule has 1 amide bonds. The standard InChI is InChI=1S/C23H24N2O3/c1-15(27)25-11-10-19-22(14-26)24-21-9-8-17(13-20(21)23(19)25)7-6-16-4-3-5-18(12-16)28-2/h3-5,8-9,12-13,19,22-24,26H,10-11,14H2,1-2H3/t19-,22+,23-/m1/s1. The maximum absolute atomic E-state index is 12.2. The average Bonchev–Trinajstić information content (AvgIpc) is 3.17. The van der Waals surface area contributed by atoms with Crippen molar-refractivity contribution in [1.29, 1.82) is 0 Å². The first-order valence-electron chi connectivity index (χ1n) is 9.55.